The minimum absolute atomic E-state index is 0.142. The molecule has 112 valence electrons. The molecule has 7 nitrogen and oxygen atoms in total. The van der Waals surface area contributed by atoms with E-state index in [0.29, 0.717) is 11.5 Å². The number of rotatable bonds is 4. The minimum Gasteiger partial charge on any atom is -0.361 e. The maximum Gasteiger partial charge on any atom is 0.254 e. The third-order valence-electron chi connectivity index (χ3n) is 3.14. The molecule has 0 saturated carbocycles. The van der Waals surface area contributed by atoms with Gasteiger partial charge in [0.1, 0.15) is 5.76 Å². The molecule has 0 aliphatic heterocycles. The number of nitrogens with zero attached hydrogens (tertiary/aromatic N) is 2. The molecule has 0 aliphatic rings. The molecule has 0 spiro atoms. The van der Waals surface area contributed by atoms with Crippen LogP contribution in [0.3, 0.4) is 0 Å². The maximum absolute atomic E-state index is 14.0. The molecule has 1 atom stereocenters. The number of hydrogen-bond donors (Lipinski definition) is 3. The summed E-state index contributed by atoms with van der Waals surface area (Å²) in [6.07, 6.45) is 1.30. The smallest absolute Gasteiger partial charge is 0.254 e. The molecule has 1 amide bonds. The lowest BCUT2D eigenvalue weighted by Crippen LogP contribution is -2.28. The van der Waals surface area contributed by atoms with Gasteiger partial charge < -0.3 is 15.3 Å². The predicted octanol–water partition coefficient (Wildman–Crippen LogP) is 1.60. The first kappa shape index (κ1) is 14.9. The standard InChI is InChI=1S/C13H16FN5O2/c1-6(10-7(2)19-21-8(10)3)17-13(20)9-4-5-16-12(18-15)11(9)14/h4-6H,15H2,1-3H3,(H,16,18)(H,17,20). The Morgan fingerprint density at radius 3 is 2.76 bits per heavy atom. The number of pyridine rings is 1. The Kier molecular flexibility index (Phi) is 4.18. The summed E-state index contributed by atoms with van der Waals surface area (Å²) < 4.78 is 19.0. The fraction of sp³-hybridized carbons (Fsp3) is 0.308. The van der Waals surface area contributed by atoms with E-state index in [9.17, 15) is 9.18 Å². The minimum atomic E-state index is -0.802. The zero-order valence-corrected chi connectivity index (χ0v) is 11.9. The number of amides is 1. The second-order valence-electron chi connectivity index (χ2n) is 4.60. The molecule has 0 saturated heterocycles. The van der Waals surface area contributed by atoms with Crippen LogP contribution in [0.1, 0.15) is 40.3 Å². The van der Waals surface area contributed by atoms with Gasteiger partial charge in [0.05, 0.1) is 17.3 Å². The molecule has 2 heterocycles. The first-order valence-electron chi connectivity index (χ1n) is 6.30. The van der Waals surface area contributed by atoms with Gasteiger partial charge in [-0.25, -0.2) is 15.2 Å². The summed E-state index contributed by atoms with van der Waals surface area (Å²) in [6, 6.07) is 0.913. The van der Waals surface area contributed by atoms with Gasteiger partial charge in [0.2, 0.25) is 0 Å². The van der Waals surface area contributed by atoms with E-state index in [4.69, 9.17) is 10.4 Å². The molecule has 2 rings (SSSR count). The highest BCUT2D eigenvalue weighted by Crippen LogP contribution is 2.22. The van der Waals surface area contributed by atoms with Gasteiger partial charge in [-0.2, -0.15) is 0 Å². The van der Waals surface area contributed by atoms with Gasteiger partial charge in [0, 0.05) is 11.8 Å². The molecule has 2 aromatic heterocycles. The van der Waals surface area contributed by atoms with Gasteiger partial charge in [-0.3, -0.25) is 4.79 Å². The van der Waals surface area contributed by atoms with Crippen molar-refractivity contribution in [2.45, 2.75) is 26.8 Å². The number of nitrogen functional groups attached to an aromatic ring is 1. The van der Waals surface area contributed by atoms with Gasteiger partial charge in [-0.15, -0.1) is 0 Å². The van der Waals surface area contributed by atoms with Crippen molar-refractivity contribution < 1.29 is 13.7 Å². The van der Waals surface area contributed by atoms with E-state index in [0.717, 1.165) is 5.56 Å². The van der Waals surface area contributed by atoms with E-state index >= 15 is 0 Å². The molecule has 0 fully saturated rings. The Labute approximate surface area is 120 Å². The average molecular weight is 293 g/mol. The van der Waals surface area contributed by atoms with Crippen LogP contribution < -0.4 is 16.6 Å². The van der Waals surface area contributed by atoms with Crippen molar-refractivity contribution in [1.29, 1.82) is 0 Å². The molecule has 8 heteroatoms. The van der Waals surface area contributed by atoms with Gasteiger partial charge in [-0.1, -0.05) is 5.16 Å². The van der Waals surface area contributed by atoms with Crippen LogP contribution >= 0.6 is 0 Å². The number of aryl methyl sites for hydroxylation is 2. The number of nitrogens with two attached hydrogens (primary N) is 1. The summed E-state index contributed by atoms with van der Waals surface area (Å²) in [6.45, 7) is 5.30. The number of anilines is 1. The Bertz CT molecular complexity index is 651. The molecule has 2 aromatic rings. The fourth-order valence-electron chi connectivity index (χ4n) is 2.17. The normalized spacial score (nSPS) is 12.0. The highest BCUT2D eigenvalue weighted by Gasteiger charge is 2.21. The molecule has 1 unspecified atom stereocenters. The van der Waals surface area contributed by atoms with Gasteiger partial charge >= 0.3 is 0 Å². The van der Waals surface area contributed by atoms with Gasteiger partial charge in [-0.05, 0) is 26.8 Å². The van der Waals surface area contributed by atoms with Crippen molar-refractivity contribution in [3.63, 3.8) is 0 Å². The Balaban J connectivity index is 2.23. The number of carbonyl (C=O) groups excluding carboxylic acids is 1. The van der Waals surface area contributed by atoms with Crippen LogP contribution in [0.25, 0.3) is 0 Å². The zero-order valence-electron chi connectivity index (χ0n) is 11.9. The molecule has 21 heavy (non-hydrogen) atoms. The summed E-state index contributed by atoms with van der Waals surface area (Å²) in [4.78, 5) is 15.8. The lowest BCUT2D eigenvalue weighted by molar-refractivity contribution is 0.0935. The monoisotopic (exact) mass is 293 g/mol. The van der Waals surface area contributed by atoms with Crippen molar-refractivity contribution in [3.05, 3.63) is 40.7 Å². The van der Waals surface area contributed by atoms with E-state index < -0.39 is 11.7 Å². The van der Waals surface area contributed by atoms with Crippen molar-refractivity contribution in [2.24, 2.45) is 5.84 Å². The fourth-order valence-corrected chi connectivity index (χ4v) is 2.17. The Morgan fingerprint density at radius 1 is 1.48 bits per heavy atom. The lowest BCUT2D eigenvalue weighted by Gasteiger charge is -2.14. The van der Waals surface area contributed by atoms with Crippen molar-refractivity contribution in [2.75, 3.05) is 5.43 Å². The maximum atomic E-state index is 14.0. The second-order valence-corrected chi connectivity index (χ2v) is 4.60. The van der Waals surface area contributed by atoms with Crippen LogP contribution in [0.4, 0.5) is 10.2 Å². The molecular weight excluding hydrogens is 277 g/mol. The predicted molar refractivity (Wildman–Crippen MR) is 73.9 cm³/mol. The van der Waals surface area contributed by atoms with E-state index in [-0.39, 0.29) is 17.4 Å². The summed E-state index contributed by atoms with van der Waals surface area (Å²) >= 11 is 0. The quantitative estimate of drug-likeness (QED) is 0.584. The van der Waals surface area contributed by atoms with E-state index in [1.165, 1.54) is 12.3 Å². The van der Waals surface area contributed by atoms with Crippen LogP contribution in [-0.4, -0.2) is 16.0 Å². The van der Waals surface area contributed by atoms with Crippen LogP contribution in [0.15, 0.2) is 16.8 Å². The molecule has 0 aromatic carbocycles. The Hall–Kier alpha value is -2.48. The summed E-state index contributed by atoms with van der Waals surface area (Å²) in [5, 5.41) is 6.52. The number of hydrogen-bond acceptors (Lipinski definition) is 6. The van der Waals surface area contributed by atoms with Crippen molar-refractivity contribution >= 4 is 11.7 Å². The summed E-state index contributed by atoms with van der Waals surface area (Å²) in [5.74, 6) is 4.18. The van der Waals surface area contributed by atoms with Crippen LogP contribution in [0.2, 0.25) is 0 Å². The Morgan fingerprint density at radius 2 is 2.19 bits per heavy atom. The third-order valence-corrected chi connectivity index (χ3v) is 3.14. The molecular formula is C13H16FN5O2. The molecule has 0 radical (unpaired) electrons. The van der Waals surface area contributed by atoms with Crippen LogP contribution in [0.5, 0.6) is 0 Å². The molecule has 0 bridgehead atoms. The highest BCUT2D eigenvalue weighted by atomic mass is 19.1. The average Bonchev–Trinajstić information content (AvgIpc) is 2.78. The topological polar surface area (TPSA) is 106 Å². The van der Waals surface area contributed by atoms with Gasteiger partial charge in [0.25, 0.3) is 5.91 Å². The number of carbonyl (C=O) groups is 1. The largest absolute Gasteiger partial charge is 0.361 e. The second kappa shape index (κ2) is 5.88. The number of halogens is 1. The summed E-state index contributed by atoms with van der Waals surface area (Å²) in [7, 11) is 0. The summed E-state index contributed by atoms with van der Waals surface area (Å²) in [5.41, 5.74) is 3.41. The number of hydrazine groups is 1. The number of nitrogens with one attached hydrogen (secondary N) is 2. The SMILES string of the molecule is Cc1noc(C)c1C(C)NC(=O)c1ccnc(NN)c1F. The zero-order chi connectivity index (χ0) is 15.6. The van der Waals surface area contributed by atoms with E-state index in [1.54, 1.807) is 20.8 Å². The van der Waals surface area contributed by atoms with Crippen molar-refractivity contribution in [3.8, 4) is 0 Å². The molecule has 0 aliphatic carbocycles. The lowest BCUT2D eigenvalue weighted by atomic mass is 10.1. The highest BCUT2D eigenvalue weighted by molar-refractivity contribution is 5.95. The first-order chi connectivity index (χ1) is 9.95. The van der Waals surface area contributed by atoms with Crippen LogP contribution in [-0.2, 0) is 0 Å². The van der Waals surface area contributed by atoms with E-state index in [1.807, 2.05) is 0 Å². The third kappa shape index (κ3) is 2.84. The van der Waals surface area contributed by atoms with Crippen molar-refractivity contribution in [1.82, 2.24) is 15.5 Å². The van der Waals surface area contributed by atoms with Gasteiger partial charge in [0.15, 0.2) is 11.6 Å². The number of aromatic nitrogens is 2. The van der Waals surface area contributed by atoms with E-state index in [2.05, 4.69) is 20.9 Å². The molecule has 4 N–H and O–H groups in total. The van der Waals surface area contributed by atoms with Crippen LogP contribution in [0, 0.1) is 19.7 Å². The first-order valence-corrected chi connectivity index (χ1v) is 6.30.